The van der Waals surface area contributed by atoms with Crippen LogP contribution in [0.25, 0.3) is 0 Å². The van der Waals surface area contributed by atoms with Gasteiger partial charge in [-0.05, 0) is 35.9 Å². The predicted octanol–water partition coefficient (Wildman–Crippen LogP) is 2.73. The lowest BCUT2D eigenvalue weighted by Gasteiger charge is -2.19. The Kier molecular flexibility index (Phi) is 3.21. The standard InChI is InChI=1S/C17H13FN2O3/c18-12-3-1-11(2-4-12)10-19-13-5-6-15-14(9-13)17(16(21)20-15)22-7-8-23-17/h1-6,9-10H,7-8H2,(H,20,21). The Bertz CT molecular complexity index is 796. The van der Waals surface area contributed by atoms with Gasteiger partial charge < -0.3 is 14.8 Å². The zero-order valence-corrected chi connectivity index (χ0v) is 12.1. The molecule has 23 heavy (non-hydrogen) atoms. The zero-order valence-electron chi connectivity index (χ0n) is 12.1. The van der Waals surface area contributed by atoms with Crippen molar-refractivity contribution < 1.29 is 18.7 Å². The largest absolute Gasteiger partial charge is 0.336 e. The number of ether oxygens (including phenoxy) is 2. The molecule has 0 aromatic heterocycles. The van der Waals surface area contributed by atoms with Gasteiger partial charge in [-0.1, -0.05) is 12.1 Å². The monoisotopic (exact) mass is 312 g/mol. The fraction of sp³-hybridized carbons (Fsp3) is 0.176. The molecular weight excluding hydrogens is 299 g/mol. The van der Waals surface area contributed by atoms with E-state index in [-0.39, 0.29) is 11.7 Å². The number of anilines is 1. The van der Waals surface area contributed by atoms with Crippen LogP contribution in [0, 0.1) is 5.82 Å². The first-order valence-electron chi connectivity index (χ1n) is 7.21. The van der Waals surface area contributed by atoms with E-state index >= 15 is 0 Å². The normalized spacial score (nSPS) is 18.6. The molecule has 2 aromatic rings. The second-order valence-electron chi connectivity index (χ2n) is 5.31. The number of fused-ring (bicyclic) bond motifs is 2. The van der Waals surface area contributed by atoms with Crippen LogP contribution in [-0.4, -0.2) is 25.3 Å². The van der Waals surface area contributed by atoms with Gasteiger partial charge in [-0.15, -0.1) is 0 Å². The Morgan fingerprint density at radius 2 is 1.87 bits per heavy atom. The highest BCUT2D eigenvalue weighted by Gasteiger charge is 2.52. The van der Waals surface area contributed by atoms with E-state index in [0.717, 1.165) is 5.56 Å². The summed E-state index contributed by atoms with van der Waals surface area (Å²) < 4.78 is 24.0. The third-order valence-electron chi connectivity index (χ3n) is 3.83. The van der Waals surface area contributed by atoms with Gasteiger partial charge in [0, 0.05) is 11.8 Å². The molecule has 0 radical (unpaired) electrons. The molecule has 0 unspecified atom stereocenters. The second kappa shape index (κ2) is 5.26. The average Bonchev–Trinajstić information content (AvgIpc) is 3.15. The third-order valence-corrected chi connectivity index (χ3v) is 3.83. The van der Waals surface area contributed by atoms with Crippen molar-refractivity contribution in [1.82, 2.24) is 0 Å². The number of benzene rings is 2. The van der Waals surface area contributed by atoms with Crippen LogP contribution in [0.3, 0.4) is 0 Å². The van der Waals surface area contributed by atoms with Crippen LogP contribution in [-0.2, 0) is 20.1 Å². The van der Waals surface area contributed by atoms with Crippen molar-refractivity contribution in [3.63, 3.8) is 0 Å². The minimum atomic E-state index is -1.35. The number of halogens is 1. The van der Waals surface area contributed by atoms with Crippen molar-refractivity contribution in [2.24, 2.45) is 4.99 Å². The van der Waals surface area contributed by atoms with E-state index < -0.39 is 5.79 Å². The highest BCUT2D eigenvalue weighted by molar-refractivity contribution is 6.04. The number of hydrogen-bond acceptors (Lipinski definition) is 4. The van der Waals surface area contributed by atoms with Crippen LogP contribution < -0.4 is 5.32 Å². The van der Waals surface area contributed by atoms with Crippen molar-refractivity contribution in [3.05, 3.63) is 59.4 Å². The fourth-order valence-corrected chi connectivity index (χ4v) is 2.72. The van der Waals surface area contributed by atoms with Crippen molar-refractivity contribution in [2.75, 3.05) is 18.5 Å². The summed E-state index contributed by atoms with van der Waals surface area (Å²) in [5, 5.41) is 2.75. The maximum Gasteiger partial charge on any atom is 0.289 e. The molecule has 2 aliphatic heterocycles. The molecule has 0 atom stereocenters. The number of rotatable bonds is 2. The highest BCUT2D eigenvalue weighted by atomic mass is 19.1. The van der Waals surface area contributed by atoms with E-state index in [1.54, 1.807) is 36.5 Å². The van der Waals surface area contributed by atoms with E-state index in [2.05, 4.69) is 10.3 Å². The van der Waals surface area contributed by atoms with Gasteiger partial charge >= 0.3 is 0 Å². The number of hydrogen-bond donors (Lipinski definition) is 1. The summed E-state index contributed by atoms with van der Waals surface area (Å²) in [6.07, 6.45) is 1.63. The lowest BCUT2D eigenvalue weighted by atomic mass is 10.1. The molecule has 1 fully saturated rings. The van der Waals surface area contributed by atoms with Crippen LogP contribution in [0.2, 0.25) is 0 Å². The SMILES string of the molecule is O=C1Nc2ccc(N=Cc3ccc(F)cc3)cc2C12OCCO2. The molecule has 1 amide bonds. The molecule has 116 valence electrons. The molecule has 5 nitrogen and oxygen atoms in total. The number of nitrogens with one attached hydrogen (secondary N) is 1. The minimum absolute atomic E-state index is 0.290. The molecule has 4 rings (SSSR count). The first-order valence-corrected chi connectivity index (χ1v) is 7.21. The molecule has 2 aliphatic rings. The van der Waals surface area contributed by atoms with Crippen molar-refractivity contribution >= 4 is 23.5 Å². The Balaban J connectivity index is 1.66. The van der Waals surface area contributed by atoms with E-state index in [1.807, 2.05) is 0 Å². The number of aliphatic imine (C=N–C) groups is 1. The van der Waals surface area contributed by atoms with Crippen LogP contribution in [0.15, 0.2) is 47.5 Å². The van der Waals surface area contributed by atoms with Gasteiger partial charge in [-0.2, -0.15) is 0 Å². The summed E-state index contributed by atoms with van der Waals surface area (Å²) in [4.78, 5) is 16.5. The molecule has 0 aliphatic carbocycles. The Hall–Kier alpha value is -2.57. The van der Waals surface area contributed by atoms with Gasteiger partial charge in [0.2, 0.25) is 0 Å². The maximum absolute atomic E-state index is 12.9. The van der Waals surface area contributed by atoms with Gasteiger partial charge in [0.05, 0.1) is 24.6 Å². The summed E-state index contributed by atoms with van der Waals surface area (Å²) in [5.74, 6) is -1.96. The van der Waals surface area contributed by atoms with Gasteiger partial charge in [-0.3, -0.25) is 9.79 Å². The Morgan fingerprint density at radius 3 is 2.61 bits per heavy atom. The molecule has 0 saturated carbocycles. The fourth-order valence-electron chi connectivity index (χ4n) is 2.72. The van der Waals surface area contributed by atoms with E-state index in [0.29, 0.717) is 30.2 Å². The smallest absolute Gasteiger partial charge is 0.289 e. The van der Waals surface area contributed by atoms with Gasteiger partial charge in [0.25, 0.3) is 11.7 Å². The van der Waals surface area contributed by atoms with E-state index in [4.69, 9.17) is 9.47 Å². The van der Waals surface area contributed by atoms with Gasteiger partial charge in [0.1, 0.15) is 5.82 Å². The summed E-state index contributed by atoms with van der Waals surface area (Å²) >= 11 is 0. The topological polar surface area (TPSA) is 59.9 Å². The number of amides is 1. The maximum atomic E-state index is 12.9. The summed E-state index contributed by atoms with van der Waals surface area (Å²) in [5.41, 5.74) is 2.73. The van der Waals surface area contributed by atoms with E-state index in [9.17, 15) is 9.18 Å². The summed E-state index contributed by atoms with van der Waals surface area (Å²) in [6, 6.07) is 11.4. The van der Waals surface area contributed by atoms with E-state index in [1.165, 1.54) is 12.1 Å². The molecule has 2 heterocycles. The first-order chi connectivity index (χ1) is 11.2. The Labute approximate surface area is 131 Å². The zero-order chi connectivity index (χ0) is 15.9. The molecule has 2 aromatic carbocycles. The predicted molar refractivity (Wildman–Crippen MR) is 82.3 cm³/mol. The third kappa shape index (κ3) is 2.32. The highest BCUT2D eigenvalue weighted by Crippen LogP contribution is 2.43. The van der Waals surface area contributed by atoms with Gasteiger partial charge in [0.15, 0.2) is 0 Å². The first kappa shape index (κ1) is 14.0. The van der Waals surface area contributed by atoms with Crippen LogP contribution >= 0.6 is 0 Å². The van der Waals surface area contributed by atoms with Crippen LogP contribution in [0.1, 0.15) is 11.1 Å². The van der Waals surface area contributed by atoms with Crippen molar-refractivity contribution in [1.29, 1.82) is 0 Å². The molecular formula is C17H13FN2O3. The average molecular weight is 312 g/mol. The lowest BCUT2D eigenvalue weighted by Crippen LogP contribution is -2.35. The molecule has 0 bridgehead atoms. The second-order valence-corrected chi connectivity index (χ2v) is 5.31. The molecule has 1 spiro atoms. The van der Waals surface area contributed by atoms with Crippen LogP contribution in [0.4, 0.5) is 15.8 Å². The Morgan fingerprint density at radius 1 is 1.13 bits per heavy atom. The minimum Gasteiger partial charge on any atom is -0.336 e. The molecule has 1 N–H and O–H groups in total. The lowest BCUT2D eigenvalue weighted by molar-refractivity contribution is -0.178. The van der Waals surface area contributed by atoms with Gasteiger partial charge in [-0.25, -0.2) is 4.39 Å². The number of nitrogens with zero attached hydrogens (tertiary/aromatic N) is 1. The summed E-state index contributed by atoms with van der Waals surface area (Å²) in [6.45, 7) is 0.742. The van der Waals surface area contributed by atoms with Crippen molar-refractivity contribution in [3.8, 4) is 0 Å². The van der Waals surface area contributed by atoms with Crippen molar-refractivity contribution in [2.45, 2.75) is 5.79 Å². The molecule has 6 heteroatoms. The molecule has 1 saturated heterocycles. The van der Waals surface area contributed by atoms with Crippen LogP contribution in [0.5, 0.6) is 0 Å². The number of carbonyl (C=O) groups is 1. The quantitative estimate of drug-likeness (QED) is 0.867. The summed E-state index contributed by atoms with van der Waals surface area (Å²) in [7, 11) is 0. The number of carbonyl (C=O) groups excluding carboxylic acids is 1.